The van der Waals surface area contributed by atoms with E-state index in [0.717, 1.165) is 11.3 Å². The third-order valence-corrected chi connectivity index (χ3v) is 2.76. The molecule has 0 amide bonds. The van der Waals surface area contributed by atoms with Crippen LogP contribution in [0.1, 0.15) is 18.9 Å². The molecule has 0 aliphatic rings. The Bertz CT molecular complexity index is 372. The number of hydrogen-bond acceptors (Lipinski definition) is 3. The van der Waals surface area contributed by atoms with Crippen molar-refractivity contribution in [1.29, 1.82) is 0 Å². The highest BCUT2D eigenvalue weighted by Crippen LogP contribution is 2.22. The lowest BCUT2D eigenvalue weighted by Gasteiger charge is -2.26. The van der Waals surface area contributed by atoms with Gasteiger partial charge in [-0.25, -0.2) is 0 Å². The summed E-state index contributed by atoms with van der Waals surface area (Å²) in [5, 5.41) is 8.84. The molecule has 0 aliphatic carbocycles. The van der Waals surface area contributed by atoms with Crippen LogP contribution in [0.2, 0.25) is 0 Å². The number of aliphatic carboxylic acids is 1. The van der Waals surface area contributed by atoms with Crippen molar-refractivity contribution in [2.24, 2.45) is 0 Å². The van der Waals surface area contributed by atoms with E-state index in [1.165, 1.54) is 7.11 Å². The maximum absolute atomic E-state index is 10.8. The third kappa shape index (κ3) is 4.07. The predicted molar refractivity (Wildman–Crippen MR) is 64.4 cm³/mol. The second-order valence-electron chi connectivity index (χ2n) is 4.25. The Morgan fingerprint density at radius 3 is 2.29 bits per heavy atom. The lowest BCUT2D eigenvalue weighted by atomic mass is 9.93. The molecule has 0 bridgehead atoms. The number of hydrogen-bond donors (Lipinski definition) is 1. The second-order valence-corrected chi connectivity index (χ2v) is 4.25. The fourth-order valence-corrected chi connectivity index (χ4v) is 1.70. The Hall–Kier alpha value is -1.55. The molecule has 1 aromatic carbocycles. The van der Waals surface area contributed by atoms with E-state index < -0.39 is 11.6 Å². The Balaban J connectivity index is 2.75. The molecule has 0 heterocycles. The minimum absolute atomic E-state index is 0.0183. The third-order valence-electron chi connectivity index (χ3n) is 2.76. The minimum Gasteiger partial charge on any atom is -0.497 e. The Morgan fingerprint density at radius 2 is 1.88 bits per heavy atom. The average molecular weight is 238 g/mol. The molecule has 0 saturated carbocycles. The van der Waals surface area contributed by atoms with Gasteiger partial charge in [0.15, 0.2) is 0 Å². The molecule has 1 aromatic rings. The van der Waals surface area contributed by atoms with Crippen LogP contribution in [-0.2, 0) is 16.0 Å². The van der Waals surface area contributed by atoms with Crippen molar-refractivity contribution in [3.05, 3.63) is 29.8 Å². The standard InChI is InChI=1S/C13H18O4/c1-13(17-3,9-12(14)15)8-10-4-6-11(16-2)7-5-10/h4-7H,8-9H2,1-3H3,(H,14,15). The number of carboxylic acids is 1. The molecule has 1 atom stereocenters. The van der Waals surface area contributed by atoms with Crippen LogP contribution in [0.15, 0.2) is 24.3 Å². The highest BCUT2D eigenvalue weighted by molar-refractivity contribution is 5.68. The highest BCUT2D eigenvalue weighted by atomic mass is 16.5. The zero-order chi connectivity index (χ0) is 12.9. The topological polar surface area (TPSA) is 55.8 Å². The van der Waals surface area contributed by atoms with Crippen molar-refractivity contribution in [2.45, 2.75) is 25.4 Å². The zero-order valence-electron chi connectivity index (χ0n) is 10.4. The van der Waals surface area contributed by atoms with Gasteiger partial charge in [0.2, 0.25) is 0 Å². The van der Waals surface area contributed by atoms with Crippen LogP contribution in [0.3, 0.4) is 0 Å². The molecule has 0 aliphatic heterocycles. The number of carboxylic acid groups (broad SMARTS) is 1. The quantitative estimate of drug-likeness (QED) is 0.824. The minimum atomic E-state index is -0.858. The van der Waals surface area contributed by atoms with Crippen LogP contribution in [0.4, 0.5) is 0 Å². The molecule has 1 rings (SSSR count). The first-order chi connectivity index (χ1) is 7.99. The van der Waals surface area contributed by atoms with Gasteiger partial charge < -0.3 is 14.6 Å². The summed E-state index contributed by atoms with van der Waals surface area (Å²) in [4.78, 5) is 10.8. The summed E-state index contributed by atoms with van der Waals surface area (Å²) in [6.45, 7) is 1.80. The lowest BCUT2D eigenvalue weighted by molar-refractivity contribution is -0.143. The SMILES string of the molecule is COc1ccc(CC(C)(CC(=O)O)OC)cc1. The fraction of sp³-hybridized carbons (Fsp3) is 0.462. The summed E-state index contributed by atoms with van der Waals surface area (Å²) in [7, 11) is 3.14. The van der Waals surface area contributed by atoms with Crippen molar-refractivity contribution >= 4 is 5.97 Å². The van der Waals surface area contributed by atoms with Crippen LogP contribution in [-0.4, -0.2) is 30.9 Å². The van der Waals surface area contributed by atoms with Gasteiger partial charge in [-0.1, -0.05) is 12.1 Å². The molecule has 17 heavy (non-hydrogen) atoms. The first kappa shape index (κ1) is 13.5. The Labute approximate surface area is 101 Å². The highest BCUT2D eigenvalue weighted by Gasteiger charge is 2.27. The van der Waals surface area contributed by atoms with Crippen LogP contribution >= 0.6 is 0 Å². The summed E-state index contributed by atoms with van der Waals surface area (Å²) in [6, 6.07) is 7.54. The molecule has 4 heteroatoms. The largest absolute Gasteiger partial charge is 0.497 e. The van der Waals surface area contributed by atoms with Gasteiger partial charge in [-0.3, -0.25) is 4.79 Å². The molecule has 1 unspecified atom stereocenters. The fourth-order valence-electron chi connectivity index (χ4n) is 1.70. The Morgan fingerprint density at radius 1 is 1.29 bits per heavy atom. The maximum atomic E-state index is 10.8. The van der Waals surface area contributed by atoms with Gasteiger partial charge in [0, 0.05) is 13.5 Å². The molecule has 1 N–H and O–H groups in total. The van der Waals surface area contributed by atoms with Gasteiger partial charge >= 0.3 is 5.97 Å². The molecular weight excluding hydrogens is 220 g/mol. The predicted octanol–water partition coefficient (Wildman–Crippen LogP) is 2.12. The van der Waals surface area contributed by atoms with E-state index in [2.05, 4.69) is 0 Å². The molecule has 0 saturated heterocycles. The average Bonchev–Trinajstić information content (AvgIpc) is 2.29. The van der Waals surface area contributed by atoms with E-state index in [4.69, 9.17) is 14.6 Å². The smallest absolute Gasteiger partial charge is 0.306 e. The monoisotopic (exact) mass is 238 g/mol. The first-order valence-electron chi connectivity index (χ1n) is 5.39. The maximum Gasteiger partial charge on any atom is 0.306 e. The Kier molecular flexibility index (Phi) is 4.52. The molecule has 0 fully saturated rings. The number of rotatable bonds is 6. The number of methoxy groups -OCH3 is 2. The van der Waals surface area contributed by atoms with Crippen LogP contribution in [0, 0.1) is 0 Å². The van der Waals surface area contributed by atoms with Crippen molar-refractivity contribution in [2.75, 3.05) is 14.2 Å². The van der Waals surface area contributed by atoms with Gasteiger partial charge in [-0.15, -0.1) is 0 Å². The molecule has 4 nitrogen and oxygen atoms in total. The molecule has 0 radical (unpaired) electrons. The summed E-state index contributed by atoms with van der Waals surface area (Å²) in [5.41, 5.74) is 0.344. The van der Waals surface area contributed by atoms with Crippen molar-refractivity contribution in [3.63, 3.8) is 0 Å². The molecule has 0 aromatic heterocycles. The van der Waals surface area contributed by atoms with Gasteiger partial charge in [0.25, 0.3) is 0 Å². The molecular formula is C13H18O4. The molecule has 94 valence electrons. The van der Waals surface area contributed by atoms with Gasteiger partial charge in [0.1, 0.15) is 5.75 Å². The van der Waals surface area contributed by atoms with E-state index >= 15 is 0 Å². The van der Waals surface area contributed by atoms with E-state index in [1.54, 1.807) is 14.0 Å². The summed E-state index contributed by atoms with van der Waals surface area (Å²) >= 11 is 0. The summed E-state index contributed by atoms with van der Waals surface area (Å²) in [5.74, 6) is -0.0750. The summed E-state index contributed by atoms with van der Waals surface area (Å²) in [6.07, 6.45) is 0.537. The van der Waals surface area contributed by atoms with Crippen molar-refractivity contribution in [3.8, 4) is 5.75 Å². The van der Waals surface area contributed by atoms with Crippen molar-refractivity contribution < 1.29 is 19.4 Å². The van der Waals surface area contributed by atoms with E-state index in [1.807, 2.05) is 24.3 Å². The number of benzene rings is 1. The van der Waals surface area contributed by atoms with Gasteiger partial charge in [-0.2, -0.15) is 0 Å². The van der Waals surface area contributed by atoms with Gasteiger partial charge in [-0.05, 0) is 24.6 Å². The second kappa shape index (κ2) is 5.68. The van der Waals surface area contributed by atoms with Crippen LogP contribution in [0.5, 0.6) is 5.75 Å². The van der Waals surface area contributed by atoms with Crippen LogP contribution in [0.25, 0.3) is 0 Å². The molecule has 0 spiro atoms. The van der Waals surface area contributed by atoms with E-state index in [-0.39, 0.29) is 6.42 Å². The van der Waals surface area contributed by atoms with Gasteiger partial charge in [0.05, 0.1) is 19.1 Å². The van der Waals surface area contributed by atoms with E-state index in [0.29, 0.717) is 6.42 Å². The number of ether oxygens (including phenoxy) is 2. The number of carbonyl (C=O) groups is 1. The van der Waals surface area contributed by atoms with E-state index in [9.17, 15) is 4.79 Å². The summed E-state index contributed by atoms with van der Waals surface area (Å²) < 4.78 is 10.4. The first-order valence-corrected chi connectivity index (χ1v) is 5.39. The zero-order valence-corrected chi connectivity index (χ0v) is 10.4. The van der Waals surface area contributed by atoms with Crippen LogP contribution < -0.4 is 4.74 Å². The lowest BCUT2D eigenvalue weighted by Crippen LogP contribution is -2.33. The normalized spacial score (nSPS) is 14.1. The van der Waals surface area contributed by atoms with Crippen molar-refractivity contribution in [1.82, 2.24) is 0 Å².